The second-order valence-electron chi connectivity index (χ2n) is 9.42. The van der Waals surface area contributed by atoms with Crippen molar-refractivity contribution in [3.8, 4) is 22.3 Å². The summed E-state index contributed by atoms with van der Waals surface area (Å²) in [6.45, 7) is 0. The summed E-state index contributed by atoms with van der Waals surface area (Å²) >= 11 is 0. The maximum atomic E-state index is 3.72. The minimum absolute atomic E-state index is 1.19. The topological polar surface area (TPSA) is 15.8 Å². The van der Waals surface area contributed by atoms with Gasteiger partial charge in [-0.25, -0.2) is 0 Å². The quantitative estimate of drug-likeness (QED) is 0.256. The van der Waals surface area contributed by atoms with Crippen molar-refractivity contribution >= 4 is 54.1 Å². The molecule has 0 radical (unpaired) electrons. The molecule has 7 aromatic carbocycles. The van der Waals surface area contributed by atoms with E-state index in [4.69, 9.17) is 0 Å². The fourth-order valence-corrected chi connectivity index (χ4v) is 5.99. The molecule has 1 nitrogen and oxygen atoms in total. The second-order valence-corrected chi connectivity index (χ2v) is 9.42. The first-order valence-corrected chi connectivity index (χ1v) is 12.1. The van der Waals surface area contributed by atoms with Gasteiger partial charge in [0.1, 0.15) is 0 Å². The fourth-order valence-electron chi connectivity index (χ4n) is 5.99. The van der Waals surface area contributed by atoms with Gasteiger partial charge in [-0.05, 0) is 67.4 Å². The average Bonchev–Trinajstić information content (AvgIpc) is 3.31. The Balaban J connectivity index is 1.61. The number of para-hydroxylation sites is 1. The summed E-state index contributed by atoms with van der Waals surface area (Å²) in [6, 6.07) is 44.2. The molecular weight excluding hydrogens is 422 g/mol. The normalized spacial score (nSPS) is 12.0. The molecule has 8 rings (SSSR count). The van der Waals surface area contributed by atoms with Gasteiger partial charge in [0.15, 0.2) is 0 Å². The van der Waals surface area contributed by atoms with Crippen LogP contribution in [0.2, 0.25) is 0 Å². The average molecular weight is 444 g/mol. The molecule has 0 aliphatic carbocycles. The number of hydrogen-bond donors (Lipinski definition) is 1. The number of benzene rings is 7. The molecule has 0 aliphatic rings. The van der Waals surface area contributed by atoms with E-state index in [1.54, 1.807) is 0 Å². The number of hydrogen-bond acceptors (Lipinski definition) is 0. The molecule has 0 amide bonds. The van der Waals surface area contributed by atoms with Gasteiger partial charge < -0.3 is 4.98 Å². The summed E-state index contributed by atoms with van der Waals surface area (Å²) in [7, 11) is 0. The van der Waals surface area contributed by atoms with Gasteiger partial charge in [0.2, 0.25) is 0 Å². The van der Waals surface area contributed by atoms with E-state index in [2.05, 4.69) is 126 Å². The highest BCUT2D eigenvalue weighted by atomic mass is 14.7. The Bertz CT molecular complexity index is 1970. The number of fused-ring (bicyclic) bond motifs is 4. The van der Waals surface area contributed by atoms with Crippen LogP contribution in [0.4, 0.5) is 0 Å². The lowest BCUT2D eigenvalue weighted by molar-refractivity contribution is 1.56. The van der Waals surface area contributed by atoms with Gasteiger partial charge in [0.25, 0.3) is 0 Å². The van der Waals surface area contributed by atoms with Crippen LogP contribution in [0.15, 0.2) is 121 Å². The smallest absolute Gasteiger partial charge is 0.0545 e. The summed E-state index contributed by atoms with van der Waals surface area (Å²) in [5.41, 5.74) is 7.47. The van der Waals surface area contributed by atoms with Gasteiger partial charge in [-0.3, -0.25) is 0 Å². The molecule has 8 aromatic rings. The molecule has 0 saturated carbocycles. The van der Waals surface area contributed by atoms with Crippen LogP contribution in [0.1, 0.15) is 0 Å². The first kappa shape index (κ1) is 18.8. The van der Waals surface area contributed by atoms with Gasteiger partial charge in [-0.2, -0.15) is 0 Å². The molecular formula is C34H21N. The number of nitrogens with one attached hydrogen (secondary N) is 1. The summed E-state index contributed by atoms with van der Waals surface area (Å²) in [6.07, 6.45) is 0. The van der Waals surface area contributed by atoms with Crippen molar-refractivity contribution < 1.29 is 0 Å². The zero-order valence-corrected chi connectivity index (χ0v) is 19.0. The van der Waals surface area contributed by atoms with Crippen molar-refractivity contribution in [1.29, 1.82) is 0 Å². The minimum Gasteiger partial charge on any atom is -0.354 e. The van der Waals surface area contributed by atoms with Crippen LogP contribution in [0.25, 0.3) is 76.4 Å². The number of rotatable bonds is 2. The van der Waals surface area contributed by atoms with E-state index >= 15 is 0 Å². The molecule has 0 unspecified atom stereocenters. The van der Waals surface area contributed by atoms with Gasteiger partial charge >= 0.3 is 0 Å². The Morgan fingerprint density at radius 2 is 1.00 bits per heavy atom. The maximum Gasteiger partial charge on any atom is 0.0545 e. The highest BCUT2D eigenvalue weighted by Crippen LogP contribution is 2.46. The van der Waals surface area contributed by atoms with E-state index in [0.717, 1.165) is 0 Å². The Morgan fingerprint density at radius 3 is 1.71 bits per heavy atom. The van der Waals surface area contributed by atoms with E-state index in [0.29, 0.717) is 0 Å². The van der Waals surface area contributed by atoms with Crippen LogP contribution in [-0.2, 0) is 0 Å². The number of H-pyrrole nitrogens is 1. The van der Waals surface area contributed by atoms with Crippen LogP contribution in [0, 0.1) is 0 Å². The Hall–Kier alpha value is -4.62. The summed E-state index contributed by atoms with van der Waals surface area (Å²) < 4.78 is 0. The zero-order valence-electron chi connectivity index (χ0n) is 19.0. The SMILES string of the molecule is c1ccc(-c2cc(-c3ccccc3)c3ccc4c5[nH]c6ccccc6c5cc5ccc2c3c54)cc1. The fraction of sp³-hybridized carbons (Fsp3) is 0. The molecule has 162 valence electrons. The minimum atomic E-state index is 1.19. The van der Waals surface area contributed by atoms with Crippen molar-refractivity contribution in [2.75, 3.05) is 0 Å². The third kappa shape index (κ3) is 2.58. The Morgan fingerprint density at radius 1 is 0.400 bits per heavy atom. The molecule has 1 heterocycles. The third-order valence-electron chi connectivity index (χ3n) is 7.55. The van der Waals surface area contributed by atoms with Crippen LogP contribution in [-0.4, -0.2) is 4.98 Å². The van der Waals surface area contributed by atoms with E-state index in [-0.39, 0.29) is 0 Å². The predicted molar refractivity (Wildman–Crippen MR) is 150 cm³/mol. The lowest BCUT2D eigenvalue weighted by Gasteiger charge is -2.18. The number of aromatic nitrogens is 1. The Labute approximate surface area is 202 Å². The standard InChI is InChI=1S/C34H21N/c1-3-9-21(10-4-1)28-20-29(22-11-5-2-6-12-22)26-17-18-27-32-23(15-16-25(28)33(26)32)19-30-24-13-7-8-14-31(24)35-34(27)30/h1-20,35H. The summed E-state index contributed by atoms with van der Waals surface area (Å²) in [4.78, 5) is 3.72. The highest BCUT2D eigenvalue weighted by Gasteiger charge is 2.18. The molecule has 0 bridgehead atoms. The monoisotopic (exact) mass is 443 g/mol. The van der Waals surface area contributed by atoms with E-state index in [1.165, 1.54) is 76.4 Å². The second kappa shape index (κ2) is 6.94. The first-order valence-electron chi connectivity index (χ1n) is 12.1. The van der Waals surface area contributed by atoms with Crippen LogP contribution < -0.4 is 0 Å². The Kier molecular flexibility index (Phi) is 3.72. The summed E-state index contributed by atoms with van der Waals surface area (Å²) in [5, 5.41) is 10.4. The molecule has 1 aromatic heterocycles. The maximum absolute atomic E-state index is 3.72. The van der Waals surface area contributed by atoms with Crippen LogP contribution in [0.3, 0.4) is 0 Å². The van der Waals surface area contributed by atoms with Crippen molar-refractivity contribution in [1.82, 2.24) is 4.98 Å². The molecule has 1 heteroatoms. The first-order chi connectivity index (χ1) is 17.4. The largest absolute Gasteiger partial charge is 0.354 e. The predicted octanol–water partition coefficient (Wildman–Crippen LogP) is 9.55. The molecule has 0 spiro atoms. The van der Waals surface area contributed by atoms with Crippen molar-refractivity contribution in [2.24, 2.45) is 0 Å². The van der Waals surface area contributed by atoms with E-state index < -0.39 is 0 Å². The third-order valence-corrected chi connectivity index (χ3v) is 7.55. The van der Waals surface area contributed by atoms with Gasteiger partial charge in [-0.15, -0.1) is 0 Å². The molecule has 0 fully saturated rings. The van der Waals surface area contributed by atoms with Crippen LogP contribution in [0.5, 0.6) is 0 Å². The van der Waals surface area contributed by atoms with E-state index in [1.807, 2.05) is 0 Å². The van der Waals surface area contributed by atoms with Crippen molar-refractivity contribution in [3.63, 3.8) is 0 Å². The number of aromatic amines is 1. The molecule has 35 heavy (non-hydrogen) atoms. The lowest BCUT2D eigenvalue weighted by Crippen LogP contribution is -1.91. The molecule has 0 aliphatic heterocycles. The molecule has 0 atom stereocenters. The summed E-state index contributed by atoms with van der Waals surface area (Å²) in [5.74, 6) is 0. The van der Waals surface area contributed by atoms with Crippen LogP contribution >= 0.6 is 0 Å². The van der Waals surface area contributed by atoms with E-state index in [9.17, 15) is 0 Å². The van der Waals surface area contributed by atoms with Crippen molar-refractivity contribution in [3.05, 3.63) is 121 Å². The van der Waals surface area contributed by atoms with Crippen molar-refractivity contribution in [2.45, 2.75) is 0 Å². The zero-order chi connectivity index (χ0) is 22.9. The highest BCUT2D eigenvalue weighted by molar-refractivity contribution is 6.33. The van der Waals surface area contributed by atoms with Gasteiger partial charge in [0, 0.05) is 21.7 Å². The lowest BCUT2D eigenvalue weighted by atomic mass is 9.85. The molecule has 0 saturated heterocycles. The molecule has 1 N–H and O–H groups in total. The van der Waals surface area contributed by atoms with Gasteiger partial charge in [-0.1, -0.05) is 103 Å². The van der Waals surface area contributed by atoms with Gasteiger partial charge in [0.05, 0.1) is 5.52 Å².